The summed E-state index contributed by atoms with van der Waals surface area (Å²) in [6.07, 6.45) is 0. The maximum atomic E-state index is 14.5. The Morgan fingerprint density at radius 2 is 1.96 bits per heavy atom. The third-order valence-electron chi connectivity index (χ3n) is 4.50. The molecule has 8 heteroatoms. The number of fused-ring (bicyclic) bond motifs is 1. The first-order valence-electron chi connectivity index (χ1n) is 8.33. The van der Waals surface area contributed by atoms with E-state index in [2.05, 4.69) is 5.32 Å². The van der Waals surface area contributed by atoms with Crippen molar-refractivity contribution in [2.45, 2.75) is 29.2 Å². The molecule has 3 atom stereocenters. The van der Waals surface area contributed by atoms with Crippen LogP contribution >= 0.6 is 11.8 Å². The number of hydrogen-bond acceptors (Lipinski definition) is 4. The van der Waals surface area contributed by atoms with Crippen molar-refractivity contribution in [2.75, 3.05) is 11.9 Å². The molecule has 142 valence electrons. The second kappa shape index (κ2) is 7.66. The third kappa shape index (κ3) is 3.81. The zero-order valence-corrected chi connectivity index (χ0v) is 15.6. The van der Waals surface area contributed by atoms with E-state index in [0.29, 0.717) is 5.69 Å². The molecule has 0 spiro atoms. The molecule has 2 amide bonds. The van der Waals surface area contributed by atoms with Gasteiger partial charge in [-0.2, -0.15) is 0 Å². The highest BCUT2D eigenvalue weighted by molar-refractivity contribution is 7.99. The minimum atomic E-state index is -0.980. The van der Waals surface area contributed by atoms with Crippen LogP contribution in [0.4, 0.5) is 14.5 Å². The Bertz CT molecular complexity index is 893. The van der Waals surface area contributed by atoms with E-state index in [0.717, 1.165) is 23.1 Å². The van der Waals surface area contributed by atoms with Gasteiger partial charge in [0.25, 0.3) is 0 Å². The molecule has 0 saturated carbocycles. The van der Waals surface area contributed by atoms with Crippen molar-refractivity contribution in [3.63, 3.8) is 0 Å². The first-order chi connectivity index (χ1) is 12.8. The number of carbonyl (C=O) groups excluding carboxylic acids is 2. The molecule has 0 radical (unpaired) electrons. The van der Waals surface area contributed by atoms with Gasteiger partial charge >= 0.3 is 0 Å². The number of thioether (sulfide) groups is 1. The molecule has 0 unspecified atom stereocenters. The van der Waals surface area contributed by atoms with E-state index >= 15 is 0 Å². The Balaban J connectivity index is 2.13. The average molecular weight is 391 g/mol. The lowest BCUT2D eigenvalue weighted by molar-refractivity contribution is -0.122. The van der Waals surface area contributed by atoms with E-state index in [9.17, 15) is 18.4 Å². The molecular weight excluding hydrogens is 372 g/mol. The van der Waals surface area contributed by atoms with Crippen LogP contribution in [0.2, 0.25) is 0 Å². The number of anilines is 1. The van der Waals surface area contributed by atoms with Gasteiger partial charge in [0.05, 0.1) is 17.0 Å². The molecule has 0 bridgehead atoms. The van der Waals surface area contributed by atoms with Crippen molar-refractivity contribution in [3.05, 3.63) is 59.7 Å². The lowest BCUT2D eigenvalue weighted by Gasteiger charge is -2.28. The molecule has 0 aromatic heterocycles. The zero-order chi connectivity index (χ0) is 19.7. The van der Waals surface area contributed by atoms with Crippen LogP contribution in [0, 0.1) is 11.6 Å². The molecule has 0 saturated heterocycles. The summed E-state index contributed by atoms with van der Waals surface area (Å²) in [5, 5.41) is 2.10. The number of halogens is 2. The Labute approximate surface area is 159 Å². The predicted octanol–water partition coefficient (Wildman–Crippen LogP) is 2.61. The van der Waals surface area contributed by atoms with E-state index < -0.39 is 34.9 Å². The Hall–Kier alpha value is -2.45. The van der Waals surface area contributed by atoms with Crippen LogP contribution in [0.25, 0.3) is 0 Å². The molecule has 27 heavy (non-hydrogen) atoms. The van der Waals surface area contributed by atoms with Gasteiger partial charge in [-0.1, -0.05) is 12.1 Å². The third-order valence-corrected chi connectivity index (χ3v) is 5.88. The molecule has 3 N–H and O–H groups in total. The van der Waals surface area contributed by atoms with Crippen LogP contribution in [-0.2, 0) is 9.59 Å². The number of para-hydroxylation sites is 1. The van der Waals surface area contributed by atoms with Gasteiger partial charge in [0, 0.05) is 17.5 Å². The summed E-state index contributed by atoms with van der Waals surface area (Å²) >= 11 is 1.24. The van der Waals surface area contributed by atoms with Crippen molar-refractivity contribution >= 4 is 29.3 Å². The molecular formula is C19H19F2N3O2S. The van der Waals surface area contributed by atoms with E-state index in [-0.39, 0.29) is 11.5 Å². The second-order valence-electron chi connectivity index (χ2n) is 6.34. The molecule has 3 rings (SSSR count). The number of nitrogens with one attached hydrogen (secondary N) is 1. The van der Waals surface area contributed by atoms with Crippen LogP contribution in [0.3, 0.4) is 0 Å². The quantitative estimate of drug-likeness (QED) is 0.840. The fourth-order valence-electron chi connectivity index (χ4n) is 2.98. The molecule has 2 aromatic carbocycles. The first-order valence-corrected chi connectivity index (χ1v) is 9.21. The molecule has 2 aromatic rings. The van der Waals surface area contributed by atoms with E-state index in [1.54, 1.807) is 19.2 Å². The number of primary amides is 1. The summed E-state index contributed by atoms with van der Waals surface area (Å²) in [5.41, 5.74) is 6.03. The summed E-state index contributed by atoms with van der Waals surface area (Å²) in [7, 11) is 1.61. The van der Waals surface area contributed by atoms with E-state index in [1.165, 1.54) is 23.6 Å². The number of benzene rings is 2. The molecule has 5 nitrogen and oxygen atoms in total. The maximum Gasteiger partial charge on any atom is 0.245 e. The number of rotatable bonds is 4. The maximum absolute atomic E-state index is 14.5. The highest BCUT2D eigenvalue weighted by atomic mass is 32.2. The number of nitrogens with zero attached hydrogens (tertiary/aromatic N) is 1. The summed E-state index contributed by atoms with van der Waals surface area (Å²) in [5.74, 6) is -2.24. The smallest absolute Gasteiger partial charge is 0.245 e. The van der Waals surface area contributed by atoms with Gasteiger partial charge in [0.15, 0.2) is 0 Å². The summed E-state index contributed by atoms with van der Waals surface area (Å²) in [6, 6.07) is 8.52. The summed E-state index contributed by atoms with van der Waals surface area (Å²) in [6.45, 7) is 1.53. The summed E-state index contributed by atoms with van der Waals surface area (Å²) in [4.78, 5) is 26.8. The SMILES string of the molecule is C[C@H](N[C@@H]1C(=O)N(C)c2ccccc2S[C@@H]1c1cc(F)ccc1F)C(N)=O. The fraction of sp³-hybridized carbons (Fsp3) is 0.263. The monoisotopic (exact) mass is 391 g/mol. The number of carbonyl (C=O) groups is 2. The van der Waals surface area contributed by atoms with Gasteiger partial charge in [0.1, 0.15) is 17.7 Å². The van der Waals surface area contributed by atoms with Crippen LogP contribution in [-0.4, -0.2) is 30.9 Å². The standard InChI is InChI=1S/C19H19F2N3O2S/c1-10(18(22)25)23-16-17(12-9-11(20)7-8-13(12)21)27-15-6-4-3-5-14(15)24(2)19(16)26/h3-10,16-17,23H,1-2H3,(H2,22,25)/t10-,16-,17+/m0/s1. The highest BCUT2D eigenvalue weighted by Crippen LogP contribution is 2.46. The van der Waals surface area contributed by atoms with Gasteiger partial charge < -0.3 is 10.6 Å². The van der Waals surface area contributed by atoms with Crippen LogP contribution in [0.1, 0.15) is 17.7 Å². The van der Waals surface area contributed by atoms with Crippen LogP contribution in [0.15, 0.2) is 47.4 Å². The lowest BCUT2D eigenvalue weighted by Crippen LogP contribution is -2.53. The molecule has 0 aliphatic carbocycles. The van der Waals surface area contributed by atoms with Crippen LogP contribution in [0.5, 0.6) is 0 Å². The molecule has 1 aliphatic rings. The fourth-order valence-corrected chi connectivity index (χ4v) is 4.38. The zero-order valence-electron chi connectivity index (χ0n) is 14.8. The minimum Gasteiger partial charge on any atom is -0.368 e. The topological polar surface area (TPSA) is 75.4 Å². The predicted molar refractivity (Wildman–Crippen MR) is 100 cm³/mol. The van der Waals surface area contributed by atoms with Crippen LogP contribution < -0.4 is 16.0 Å². The van der Waals surface area contributed by atoms with Gasteiger partial charge in [-0.25, -0.2) is 8.78 Å². The van der Waals surface area contributed by atoms with Crippen molar-refractivity contribution in [1.29, 1.82) is 0 Å². The van der Waals surface area contributed by atoms with Crippen molar-refractivity contribution < 1.29 is 18.4 Å². The van der Waals surface area contributed by atoms with Crippen molar-refractivity contribution in [3.8, 4) is 0 Å². The minimum absolute atomic E-state index is 0.0487. The average Bonchev–Trinajstić information content (AvgIpc) is 2.74. The van der Waals surface area contributed by atoms with Crippen molar-refractivity contribution in [2.24, 2.45) is 5.73 Å². The van der Waals surface area contributed by atoms with Gasteiger partial charge in [0.2, 0.25) is 11.8 Å². The Morgan fingerprint density at radius 1 is 1.26 bits per heavy atom. The first kappa shape index (κ1) is 19.3. The Morgan fingerprint density at radius 3 is 2.67 bits per heavy atom. The molecule has 1 aliphatic heterocycles. The van der Waals surface area contributed by atoms with Gasteiger partial charge in [-0.3, -0.25) is 14.9 Å². The Kier molecular flexibility index (Phi) is 5.48. The van der Waals surface area contributed by atoms with E-state index in [4.69, 9.17) is 5.73 Å². The number of nitrogens with two attached hydrogens (primary N) is 1. The van der Waals surface area contributed by atoms with E-state index in [1.807, 2.05) is 12.1 Å². The largest absolute Gasteiger partial charge is 0.368 e. The highest BCUT2D eigenvalue weighted by Gasteiger charge is 2.39. The molecule has 1 heterocycles. The summed E-state index contributed by atoms with van der Waals surface area (Å²) < 4.78 is 28.4. The van der Waals surface area contributed by atoms with Crippen molar-refractivity contribution in [1.82, 2.24) is 5.32 Å². The molecule has 0 fully saturated rings. The lowest BCUT2D eigenvalue weighted by atomic mass is 10.0. The number of amides is 2. The normalized spacial score (nSPS) is 20.7. The van der Waals surface area contributed by atoms with Gasteiger partial charge in [-0.15, -0.1) is 11.8 Å². The number of hydrogen-bond donors (Lipinski definition) is 2. The van der Waals surface area contributed by atoms with Gasteiger partial charge in [-0.05, 0) is 37.3 Å². The number of likely N-dealkylation sites (N-methyl/N-ethyl adjacent to an activating group) is 1. The second-order valence-corrected chi connectivity index (χ2v) is 7.52.